The van der Waals surface area contributed by atoms with Crippen molar-refractivity contribution in [3.8, 4) is 17.2 Å². The van der Waals surface area contributed by atoms with E-state index in [1.807, 2.05) is 49.4 Å². The average molecular weight is 552 g/mol. The van der Waals surface area contributed by atoms with Crippen LogP contribution in [0.3, 0.4) is 0 Å². The zero-order valence-corrected chi connectivity index (χ0v) is 21.4. The fraction of sp³-hybridized carbons (Fsp3) is 0.115. The summed E-state index contributed by atoms with van der Waals surface area (Å²) in [5, 5.41) is 14.5. The molecular weight excluding hydrogens is 532 g/mol. The van der Waals surface area contributed by atoms with Crippen molar-refractivity contribution in [2.45, 2.75) is 6.92 Å². The van der Waals surface area contributed by atoms with E-state index in [1.54, 1.807) is 32.4 Å². The number of ether oxygens (including phenoxy) is 2. The molecule has 1 heterocycles. The van der Waals surface area contributed by atoms with Gasteiger partial charge in [0, 0.05) is 5.69 Å². The average Bonchev–Trinajstić information content (AvgIpc) is 3.26. The lowest BCUT2D eigenvalue weighted by Crippen LogP contribution is -2.14. The highest BCUT2D eigenvalue weighted by atomic mass is 79.9. The van der Waals surface area contributed by atoms with Gasteiger partial charge in [0.25, 0.3) is 5.91 Å². The van der Waals surface area contributed by atoms with Gasteiger partial charge in [-0.2, -0.15) is 4.80 Å². The van der Waals surface area contributed by atoms with Crippen molar-refractivity contribution in [1.82, 2.24) is 15.0 Å². The topological polar surface area (TPSA) is 78.3 Å². The van der Waals surface area contributed by atoms with E-state index in [0.717, 1.165) is 20.8 Å². The normalized spacial score (nSPS) is 11.1. The third-order valence-corrected chi connectivity index (χ3v) is 6.81. The molecule has 0 bridgehead atoms. The largest absolute Gasteiger partial charge is 0.495 e. The molecule has 5 rings (SSSR count). The third kappa shape index (κ3) is 4.19. The molecule has 0 saturated carbocycles. The highest BCUT2D eigenvalue weighted by molar-refractivity contribution is 9.10. The van der Waals surface area contributed by atoms with E-state index in [9.17, 15) is 4.79 Å². The number of carbonyl (C=O) groups is 1. The standard InChI is InChI=1S/C26H20BrClN4O3/c1-14-10-21-22(31-32(30-21)16-8-9-23(34-2)19(28)12-16)13-20(14)29-26(33)18-11-15-6-4-5-7-17(15)24(27)25(18)35-3/h4-13H,1-3H3,(H,29,33). The number of amides is 1. The summed E-state index contributed by atoms with van der Waals surface area (Å²) in [6.45, 7) is 1.91. The molecule has 35 heavy (non-hydrogen) atoms. The van der Waals surface area contributed by atoms with Crippen LogP contribution in [0.5, 0.6) is 11.5 Å². The first-order valence-electron chi connectivity index (χ1n) is 10.7. The summed E-state index contributed by atoms with van der Waals surface area (Å²) >= 11 is 9.85. The molecule has 0 atom stereocenters. The Balaban J connectivity index is 1.51. The van der Waals surface area contributed by atoms with E-state index in [1.165, 1.54) is 4.80 Å². The Morgan fingerprint density at radius 3 is 2.46 bits per heavy atom. The van der Waals surface area contributed by atoms with Crippen LogP contribution >= 0.6 is 27.5 Å². The molecule has 4 aromatic carbocycles. The quantitative estimate of drug-likeness (QED) is 0.267. The van der Waals surface area contributed by atoms with Crippen molar-refractivity contribution in [2.75, 3.05) is 19.5 Å². The van der Waals surface area contributed by atoms with Crippen molar-refractivity contribution in [2.24, 2.45) is 0 Å². The molecule has 0 unspecified atom stereocenters. The van der Waals surface area contributed by atoms with Crippen LogP contribution < -0.4 is 14.8 Å². The molecule has 0 radical (unpaired) electrons. The maximum atomic E-state index is 13.3. The summed E-state index contributed by atoms with van der Waals surface area (Å²) in [4.78, 5) is 14.8. The minimum absolute atomic E-state index is 0.287. The van der Waals surface area contributed by atoms with Crippen molar-refractivity contribution in [1.29, 1.82) is 0 Å². The predicted molar refractivity (Wildman–Crippen MR) is 141 cm³/mol. The summed E-state index contributed by atoms with van der Waals surface area (Å²) in [5.74, 6) is 0.760. The van der Waals surface area contributed by atoms with E-state index in [4.69, 9.17) is 21.1 Å². The minimum Gasteiger partial charge on any atom is -0.495 e. The van der Waals surface area contributed by atoms with E-state index in [2.05, 4.69) is 31.4 Å². The Morgan fingerprint density at radius 2 is 1.74 bits per heavy atom. The fourth-order valence-electron chi connectivity index (χ4n) is 3.94. The Kier molecular flexibility index (Phi) is 6.08. The zero-order valence-electron chi connectivity index (χ0n) is 19.1. The summed E-state index contributed by atoms with van der Waals surface area (Å²) in [7, 11) is 3.11. The summed E-state index contributed by atoms with van der Waals surface area (Å²) in [6.07, 6.45) is 0. The number of fused-ring (bicyclic) bond motifs is 2. The Bertz CT molecular complexity index is 1620. The molecule has 5 aromatic rings. The van der Waals surface area contributed by atoms with Gasteiger partial charge < -0.3 is 14.8 Å². The van der Waals surface area contributed by atoms with Gasteiger partial charge in [-0.05, 0) is 75.6 Å². The number of halogens is 2. The van der Waals surface area contributed by atoms with Crippen LogP contribution in [0.15, 0.2) is 65.1 Å². The van der Waals surface area contributed by atoms with Crippen LogP contribution in [0.25, 0.3) is 27.5 Å². The number of anilines is 1. The molecule has 176 valence electrons. The first-order valence-corrected chi connectivity index (χ1v) is 11.8. The van der Waals surface area contributed by atoms with Gasteiger partial charge in [-0.1, -0.05) is 35.9 Å². The number of rotatable bonds is 5. The van der Waals surface area contributed by atoms with Gasteiger partial charge in [0.1, 0.15) is 22.5 Å². The molecular formula is C26H20BrClN4O3. The number of methoxy groups -OCH3 is 2. The predicted octanol–water partition coefficient (Wildman–Crippen LogP) is 6.57. The lowest BCUT2D eigenvalue weighted by Gasteiger charge is -2.14. The van der Waals surface area contributed by atoms with Crippen LogP contribution in [0, 0.1) is 6.92 Å². The Labute approximate surface area is 214 Å². The lowest BCUT2D eigenvalue weighted by molar-refractivity contribution is 0.102. The van der Waals surface area contributed by atoms with Gasteiger partial charge in [0.05, 0.1) is 35.0 Å². The van der Waals surface area contributed by atoms with Crippen molar-refractivity contribution < 1.29 is 14.3 Å². The first kappa shape index (κ1) is 23.1. The van der Waals surface area contributed by atoms with Gasteiger partial charge in [-0.25, -0.2) is 0 Å². The van der Waals surface area contributed by atoms with Crippen LogP contribution in [0.4, 0.5) is 5.69 Å². The number of nitrogens with zero attached hydrogens (tertiary/aromatic N) is 3. The Morgan fingerprint density at radius 1 is 1.00 bits per heavy atom. The lowest BCUT2D eigenvalue weighted by atomic mass is 10.0. The molecule has 0 saturated heterocycles. The maximum Gasteiger partial charge on any atom is 0.259 e. The van der Waals surface area contributed by atoms with Crippen LogP contribution in [-0.4, -0.2) is 35.1 Å². The number of hydrogen-bond acceptors (Lipinski definition) is 5. The molecule has 0 aliphatic heterocycles. The van der Waals surface area contributed by atoms with E-state index in [-0.39, 0.29) is 5.91 Å². The number of aryl methyl sites for hydroxylation is 1. The minimum atomic E-state index is -0.287. The molecule has 1 aromatic heterocycles. The number of aromatic nitrogens is 3. The zero-order chi connectivity index (χ0) is 24.7. The van der Waals surface area contributed by atoms with Crippen molar-refractivity contribution in [3.63, 3.8) is 0 Å². The number of benzene rings is 4. The number of hydrogen-bond donors (Lipinski definition) is 1. The summed E-state index contributed by atoms with van der Waals surface area (Å²) in [6, 6.07) is 18.6. The van der Waals surface area contributed by atoms with Crippen molar-refractivity contribution in [3.05, 3.63) is 81.3 Å². The van der Waals surface area contributed by atoms with Gasteiger partial charge in [-0.15, -0.1) is 10.2 Å². The van der Waals surface area contributed by atoms with Crippen molar-refractivity contribution >= 4 is 60.9 Å². The van der Waals surface area contributed by atoms with E-state index >= 15 is 0 Å². The molecule has 0 spiro atoms. The summed E-state index contributed by atoms with van der Waals surface area (Å²) < 4.78 is 11.5. The molecule has 1 N–H and O–H groups in total. The second-order valence-corrected chi connectivity index (χ2v) is 9.11. The van der Waals surface area contributed by atoms with Crippen LogP contribution in [0.2, 0.25) is 5.02 Å². The molecule has 0 aliphatic carbocycles. The third-order valence-electron chi connectivity index (χ3n) is 5.73. The number of nitrogens with one attached hydrogen (secondary N) is 1. The molecule has 0 fully saturated rings. The highest BCUT2D eigenvalue weighted by Crippen LogP contribution is 2.37. The van der Waals surface area contributed by atoms with Gasteiger partial charge >= 0.3 is 0 Å². The smallest absolute Gasteiger partial charge is 0.259 e. The van der Waals surface area contributed by atoms with Gasteiger partial charge in [0.2, 0.25) is 0 Å². The monoisotopic (exact) mass is 550 g/mol. The van der Waals surface area contributed by atoms with E-state index in [0.29, 0.717) is 44.5 Å². The first-order chi connectivity index (χ1) is 16.9. The molecule has 7 nitrogen and oxygen atoms in total. The van der Waals surface area contributed by atoms with Crippen LogP contribution in [0.1, 0.15) is 15.9 Å². The van der Waals surface area contributed by atoms with Gasteiger partial charge in [0.15, 0.2) is 0 Å². The van der Waals surface area contributed by atoms with E-state index < -0.39 is 0 Å². The second-order valence-electron chi connectivity index (χ2n) is 7.91. The SMILES string of the molecule is COc1ccc(-n2nc3cc(C)c(NC(=O)c4cc5ccccc5c(Br)c4OC)cc3n2)cc1Cl. The highest BCUT2D eigenvalue weighted by Gasteiger charge is 2.19. The molecule has 9 heteroatoms. The molecule has 0 aliphatic rings. The second kappa shape index (κ2) is 9.20. The molecule has 1 amide bonds. The summed E-state index contributed by atoms with van der Waals surface area (Å²) in [5.41, 5.74) is 3.93. The maximum absolute atomic E-state index is 13.3. The Hall–Kier alpha value is -3.62. The van der Waals surface area contributed by atoms with Crippen LogP contribution in [-0.2, 0) is 0 Å². The fourth-order valence-corrected chi connectivity index (χ4v) is 4.93. The van der Waals surface area contributed by atoms with Gasteiger partial charge in [-0.3, -0.25) is 4.79 Å². The number of carbonyl (C=O) groups excluding carboxylic acids is 1.